The molecule has 4 nitrogen and oxygen atoms in total. The van der Waals surface area contributed by atoms with E-state index >= 15 is 0 Å². The number of likely N-dealkylation sites (N-methyl/N-ethyl adjacent to an activating group) is 1. The van der Waals surface area contributed by atoms with Gasteiger partial charge in [-0.15, -0.1) is 0 Å². The SMILES string of the molecule is CCn1c(CN(C)C(=O)C2(c3ccc(Cl)cc3)CCCC2)nc2ccccc21. The molecule has 1 fully saturated rings. The van der Waals surface area contributed by atoms with Gasteiger partial charge in [0.05, 0.1) is 23.0 Å². The van der Waals surface area contributed by atoms with Crippen LogP contribution in [0.25, 0.3) is 11.0 Å². The average Bonchev–Trinajstić information content (AvgIpc) is 3.33. The number of imidazole rings is 1. The van der Waals surface area contributed by atoms with Gasteiger partial charge in [-0.2, -0.15) is 0 Å². The molecule has 0 spiro atoms. The molecule has 1 heterocycles. The molecule has 0 aliphatic heterocycles. The highest BCUT2D eigenvalue weighted by Crippen LogP contribution is 2.43. The van der Waals surface area contributed by atoms with Crippen molar-refractivity contribution in [3.05, 3.63) is 64.9 Å². The molecular weight excluding hydrogens is 370 g/mol. The van der Waals surface area contributed by atoms with Crippen LogP contribution in [0.15, 0.2) is 48.5 Å². The summed E-state index contributed by atoms with van der Waals surface area (Å²) in [6.07, 6.45) is 3.94. The Morgan fingerprint density at radius 3 is 2.50 bits per heavy atom. The number of rotatable bonds is 5. The van der Waals surface area contributed by atoms with E-state index in [1.54, 1.807) is 0 Å². The maximum Gasteiger partial charge on any atom is 0.233 e. The number of halogens is 1. The Bertz CT molecular complexity index is 987. The summed E-state index contributed by atoms with van der Waals surface area (Å²) in [5, 5.41) is 0.703. The molecule has 3 aromatic rings. The molecule has 1 amide bonds. The van der Waals surface area contributed by atoms with E-state index in [4.69, 9.17) is 16.6 Å². The first-order valence-corrected chi connectivity index (χ1v) is 10.4. The third kappa shape index (κ3) is 3.20. The lowest BCUT2D eigenvalue weighted by atomic mass is 9.77. The normalized spacial score (nSPS) is 15.8. The van der Waals surface area contributed by atoms with Crippen LogP contribution >= 0.6 is 11.6 Å². The van der Waals surface area contributed by atoms with Crippen molar-refractivity contribution >= 4 is 28.5 Å². The first-order valence-electron chi connectivity index (χ1n) is 10.0. The Hall–Kier alpha value is -2.33. The average molecular weight is 396 g/mol. The van der Waals surface area contributed by atoms with Crippen LogP contribution < -0.4 is 0 Å². The molecule has 28 heavy (non-hydrogen) atoms. The number of hydrogen-bond acceptors (Lipinski definition) is 2. The predicted octanol–water partition coefficient (Wildman–Crippen LogP) is 5.18. The zero-order valence-electron chi connectivity index (χ0n) is 16.5. The van der Waals surface area contributed by atoms with Gasteiger partial charge in [-0.05, 0) is 49.6 Å². The summed E-state index contributed by atoms with van der Waals surface area (Å²) in [6.45, 7) is 3.46. The van der Waals surface area contributed by atoms with Crippen molar-refractivity contribution in [2.75, 3.05) is 7.05 Å². The van der Waals surface area contributed by atoms with Crippen LogP contribution in [0.1, 0.15) is 44.0 Å². The van der Waals surface area contributed by atoms with Gasteiger partial charge in [-0.25, -0.2) is 4.98 Å². The van der Waals surface area contributed by atoms with E-state index in [0.29, 0.717) is 11.6 Å². The van der Waals surface area contributed by atoms with Gasteiger partial charge in [0.15, 0.2) is 0 Å². The van der Waals surface area contributed by atoms with Crippen molar-refractivity contribution in [3.63, 3.8) is 0 Å². The van der Waals surface area contributed by atoms with Gasteiger partial charge in [-0.1, -0.05) is 48.7 Å². The minimum Gasteiger partial charge on any atom is -0.338 e. The third-order valence-corrected chi connectivity index (χ3v) is 6.29. The van der Waals surface area contributed by atoms with Crippen molar-refractivity contribution in [2.24, 2.45) is 0 Å². The summed E-state index contributed by atoms with van der Waals surface area (Å²) < 4.78 is 2.20. The Labute approximate surface area is 171 Å². The number of aromatic nitrogens is 2. The summed E-state index contributed by atoms with van der Waals surface area (Å²) >= 11 is 6.08. The van der Waals surface area contributed by atoms with Crippen molar-refractivity contribution in [2.45, 2.75) is 51.1 Å². The Kier molecular flexibility index (Phi) is 5.15. The molecule has 1 saturated carbocycles. The molecule has 0 bridgehead atoms. The molecule has 146 valence electrons. The second-order valence-electron chi connectivity index (χ2n) is 7.72. The molecule has 1 aliphatic carbocycles. The molecule has 5 heteroatoms. The first kappa shape index (κ1) is 19.0. The van der Waals surface area contributed by atoms with E-state index in [9.17, 15) is 4.79 Å². The fourth-order valence-electron chi connectivity index (χ4n) is 4.62. The fraction of sp³-hybridized carbons (Fsp3) is 0.391. The second kappa shape index (κ2) is 7.59. The van der Waals surface area contributed by atoms with Crippen molar-refractivity contribution in [1.82, 2.24) is 14.5 Å². The van der Waals surface area contributed by atoms with Gasteiger partial charge < -0.3 is 9.47 Å². The van der Waals surface area contributed by atoms with Gasteiger partial charge in [0.1, 0.15) is 5.82 Å². The van der Waals surface area contributed by atoms with E-state index in [2.05, 4.69) is 17.6 Å². The van der Waals surface area contributed by atoms with Crippen LogP contribution in [-0.2, 0) is 23.3 Å². The maximum absolute atomic E-state index is 13.6. The lowest BCUT2D eigenvalue weighted by Crippen LogP contribution is -2.43. The van der Waals surface area contributed by atoms with Crippen LogP contribution in [0.2, 0.25) is 5.02 Å². The monoisotopic (exact) mass is 395 g/mol. The van der Waals surface area contributed by atoms with E-state index in [0.717, 1.165) is 54.6 Å². The lowest BCUT2D eigenvalue weighted by molar-refractivity contribution is -0.136. The van der Waals surface area contributed by atoms with E-state index in [1.807, 2.05) is 54.4 Å². The Morgan fingerprint density at radius 2 is 1.82 bits per heavy atom. The lowest BCUT2D eigenvalue weighted by Gasteiger charge is -2.33. The molecule has 0 unspecified atom stereocenters. The number of nitrogens with zero attached hydrogens (tertiary/aromatic N) is 3. The van der Waals surface area contributed by atoms with Crippen molar-refractivity contribution in [3.8, 4) is 0 Å². The van der Waals surface area contributed by atoms with Gasteiger partial charge in [0, 0.05) is 18.6 Å². The maximum atomic E-state index is 13.6. The Morgan fingerprint density at radius 1 is 1.14 bits per heavy atom. The number of carbonyl (C=O) groups is 1. The highest BCUT2D eigenvalue weighted by molar-refractivity contribution is 6.30. The van der Waals surface area contributed by atoms with E-state index < -0.39 is 5.41 Å². The molecule has 0 N–H and O–H groups in total. The summed E-state index contributed by atoms with van der Waals surface area (Å²) in [7, 11) is 1.90. The molecule has 2 aromatic carbocycles. The first-order chi connectivity index (χ1) is 13.5. The number of hydrogen-bond donors (Lipinski definition) is 0. The number of para-hydroxylation sites is 2. The predicted molar refractivity (Wildman–Crippen MR) is 113 cm³/mol. The molecule has 4 rings (SSSR count). The minimum atomic E-state index is -0.442. The number of benzene rings is 2. The van der Waals surface area contributed by atoms with Crippen LogP contribution in [0, 0.1) is 0 Å². The molecule has 0 radical (unpaired) electrons. The summed E-state index contributed by atoms with van der Waals surface area (Å²) in [5.74, 6) is 1.12. The molecule has 0 saturated heterocycles. The zero-order chi connectivity index (χ0) is 19.7. The standard InChI is InChI=1S/C23H26ClN3O/c1-3-27-20-9-5-4-8-19(20)25-21(27)16-26(2)22(28)23(14-6-7-15-23)17-10-12-18(24)13-11-17/h4-5,8-13H,3,6-7,14-16H2,1-2H3. The molecule has 0 atom stereocenters. The van der Waals surface area contributed by atoms with Crippen LogP contribution in [-0.4, -0.2) is 27.4 Å². The topological polar surface area (TPSA) is 38.1 Å². The quantitative estimate of drug-likeness (QED) is 0.597. The smallest absolute Gasteiger partial charge is 0.233 e. The summed E-state index contributed by atoms with van der Waals surface area (Å²) in [5.41, 5.74) is 2.74. The molecule has 1 aromatic heterocycles. The van der Waals surface area contributed by atoms with E-state index in [-0.39, 0.29) is 5.91 Å². The largest absolute Gasteiger partial charge is 0.338 e. The molecular formula is C23H26ClN3O. The zero-order valence-corrected chi connectivity index (χ0v) is 17.2. The number of carbonyl (C=O) groups excluding carboxylic acids is 1. The number of fused-ring (bicyclic) bond motifs is 1. The van der Waals surface area contributed by atoms with E-state index in [1.165, 1.54) is 0 Å². The number of aryl methyl sites for hydroxylation is 1. The van der Waals surface area contributed by atoms with Crippen molar-refractivity contribution < 1.29 is 4.79 Å². The highest BCUT2D eigenvalue weighted by atomic mass is 35.5. The summed E-state index contributed by atoms with van der Waals surface area (Å²) in [4.78, 5) is 20.3. The van der Waals surface area contributed by atoms with Crippen LogP contribution in [0.5, 0.6) is 0 Å². The number of amides is 1. The van der Waals surface area contributed by atoms with Gasteiger partial charge in [0.25, 0.3) is 0 Å². The van der Waals surface area contributed by atoms with Gasteiger partial charge in [0.2, 0.25) is 5.91 Å². The fourth-order valence-corrected chi connectivity index (χ4v) is 4.75. The van der Waals surface area contributed by atoms with Gasteiger partial charge >= 0.3 is 0 Å². The Balaban J connectivity index is 1.64. The second-order valence-corrected chi connectivity index (χ2v) is 8.15. The summed E-state index contributed by atoms with van der Waals surface area (Å²) in [6, 6.07) is 16.0. The van der Waals surface area contributed by atoms with Crippen LogP contribution in [0.3, 0.4) is 0 Å². The highest BCUT2D eigenvalue weighted by Gasteiger charge is 2.44. The van der Waals surface area contributed by atoms with Crippen LogP contribution in [0.4, 0.5) is 0 Å². The van der Waals surface area contributed by atoms with Crippen molar-refractivity contribution in [1.29, 1.82) is 0 Å². The third-order valence-electron chi connectivity index (χ3n) is 6.04. The minimum absolute atomic E-state index is 0.182. The molecule has 1 aliphatic rings. The van der Waals surface area contributed by atoms with Gasteiger partial charge in [-0.3, -0.25) is 4.79 Å².